The van der Waals surface area contributed by atoms with Crippen LogP contribution in [-0.2, 0) is 16.1 Å². The van der Waals surface area contributed by atoms with Gasteiger partial charge in [0.05, 0.1) is 18.7 Å². The van der Waals surface area contributed by atoms with Gasteiger partial charge in [-0.2, -0.15) is 0 Å². The molecule has 8 heteroatoms. The summed E-state index contributed by atoms with van der Waals surface area (Å²) in [5.41, 5.74) is 1.75. The number of hydrogen-bond donors (Lipinski definition) is 2. The molecule has 0 saturated carbocycles. The van der Waals surface area contributed by atoms with Crippen LogP contribution in [0.3, 0.4) is 0 Å². The lowest BCUT2D eigenvalue weighted by Gasteiger charge is -2.30. The van der Waals surface area contributed by atoms with Gasteiger partial charge in [0, 0.05) is 49.2 Å². The fourth-order valence-electron chi connectivity index (χ4n) is 5.37. The van der Waals surface area contributed by atoms with Crippen molar-refractivity contribution in [1.29, 1.82) is 0 Å². The Balaban J connectivity index is 1.80. The number of methoxy groups -OCH3 is 1. The molecule has 0 bridgehead atoms. The second-order valence-corrected chi connectivity index (χ2v) is 8.63. The van der Waals surface area contributed by atoms with Crippen LogP contribution < -0.4 is 15.6 Å². The van der Waals surface area contributed by atoms with E-state index >= 15 is 0 Å². The van der Waals surface area contributed by atoms with Crippen molar-refractivity contribution in [2.75, 3.05) is 20.3 Å². The standard InChI is InChI=1S/C25H31N3O5/c1-4-12-26-24(31)23-18(14-29)17-13-27-19(22(17)28(23)21(30)5-2)11-10-16(25(27)32)15-8-6-7-9-20(15)33-3/h6-11,17-18,22-23,29H,4-5,12-14H2,1-3H3,(H,26,31)/t17-,18-,22+,23-/m1/s1. The van der Waals surface area contributed by atoms with Crippen molar-refractivity contribution in [3.63, 3.8) is 0 Å². The maximum atomic E-state index is 13.5. The molecule has 4 atom stereocenters. The average Bonchev–Trinajstić information content (AvgIpc) is 3.37. The molecular weight excluding hydrogens is 422 g/mol. The minimum Gasteiger partial charge on any atom is -0.496 e. The zero-order chi connectivity index (χ0) is 23.7. The quantitative estimate of drug-likeness (QED) is 0.667. The van der Waals surface area contributed by atoms with E-state index in [2.05, 4.69) is 5.32 Å². The Hall–Kier alpha value is -3.13. The van der Waals surface area contributed by atoms with E-state index in [4.69, 9.17) is 4.74 Å². The molecule has 1 fully saturated rings. The van der Waals surface area contributed by atoms with Gasteiger partial charge in [-0.15, -0.1) is 0 Å². The number of aromatic nitrogens is 1. The Bertz CT molecular complexity index is 1110. The first-order valence-electron chi connectivity index (χ1n) is 11.5. The monoisotopic (exact) mass is 453 g/mol. The number of nitrogens with zero attached hydrogens (tertiary/aromatic N) is 2. The molecule has 4 rings (SSSR count). The molecule has 2 aromatic rings. The Labute approximate surface area is 193 Å². The van der Waals surface area contributed by atoms with Crippen molar-refractivity contribution in [3.8, 4) is 16.9 Å². The van der Waals surface area contributed by atoms with Crippen LogP contribution in [-0.4, -0.2) is 52.7 Å². The molecule has 2 amide bonds. The number of aliphatic hydroxyl groups excluding tert-OH is 1. The van der Waals surface area contributed by atoms with E-state index in [1.165, 1.54) is 0 Å². The topological polar surface area (TPSA) is 101 Å². The highest BCUT2D eigenvalue weighted by atomic mass is 16.5. The summed E-state index contributed by atoms with van der Waals surface area (Å²) in [6, 6.07) is 9.81. The summed E-state index contributed by atoms with van der Waals surface area (Å²) in [4.78, 5) is 41.2. The number of benzene rings is 1. The summed E-state index contributed by atoms with van der Waals surface area (Å²) in [5.74, 6) is -0.462. The highest BCUT2D eigenvalue weighted by Crippen LogP contribution is 2.49. The van der Waals surface area contributed by atoms with Gasteiger partial charge in [-0.25, -0.2) is 0 Å². The highest BCUT2D eigenvalue weighted by Gasteiger charge is 2.56. The summed E-state index contributed by atoms with van der Waals surface area (Å²) in [6.07, 6.45) is 1.02. The SMILES string of the molecule is CCCNC(=O)[C@H]1[C@H](CO)[C@H]2Cn3c(ccc(-c4ccccc4OC)c3=O)[C@H]2N1C(=O)CC. The number of carbonyl (C=O) groups is 2. The smallest absolute Gasteiger partial charge is 0.258 e. The van der Waals surface area contributed by atoms with E-state index < -0.39 is 18.0 Å². The first kappa shape index (κ1) is 23.0. The molecule has 8 nitrogen and oxygen atoms in total. The van der Waals surface area contributed by atoms with Crippen LogP contribution >= 0.6 is 0 Å². The summed E-state index contributed by atoms with van der Waals surface area (Å²) < 4.78 is 7.13. The van der Waals surface area contributed by atoms with E-state index in [0.717, 1.165) is 6.42 Å². The number of fused-ring (bicyclic) bond motifs is 3. The molecule has 0 spiro atoms. The number of carbonyl (C=O) groups excluding carboxylic acids is 2. The predicted molar refractivity (Wildman–Crippen MR) is 124 cm³/mol. The molecule has 3 heterocycles. The number of nitrogens with one attached hydrogen (secondary N) is 1. The van der Waals surface area contributed by atoms with Gasteiger partial charge in [-0.05, 0) is 24.6 Å². The number of aliphatic hydroxyl groups is 1. The normalized spacial score (nSPS) is 23.2. The minimum absolute atomic E-state index is 0.160. The second kappa shape index (κ2) is 9.39. The van der Waals surface area contributed by atoms with Gasteiger partial charge in [-0.1, -0.05) is 32.0 Å². The minimum atomic E-state index is -0.748. The lowest BCUT2D eigenvalue weighted by atomic mass is 9.88. The molecule has 0 radical (unpaired) electrons. The molecule has 2 aliphatic heterocycles. The van der Waals surface area contributed by atoms with Gasteiger partial charge < -0.3 is 24.6 Å². The van der Waals surface area contributed by atoms with Crippen molar-refractivity contribution in [1.82, 2.24) is 14.8 Å². The molecule has 176 valence electrons. The Morgan fingerprint density at radius 3 is 2.58 bits per heavy atom. The maximum absolute atomic E-state index is 13.5. The van der Waals surface area contributed by atoms with Crippen LogP contribution in [0.1, 0.15) is 38.4 Å². The maximum Gasteiger partial charge on any atom is 0.258 e. The van der Waals surface area contributed by atoms with Crippen LogP contribution in [0.2, 0.25) is 0 Å². The van der Waals surface area contributed by atoms with Crippen molar-refractivity contribution < 1.29 is 19.4 Å². The summed E-state index contributed by atoms with van der Waals surface area (Å²) in [6.45, 7) is 4.34. The van der Waals surface area contributed by atoms with Gasteiger partial charge >= 0.3 is 0 Å². The third-order valence-corrected chi connectivity index (χ3v) is 6.88. The lowest BCUT2D eigenvalue weighted by Crippen LogP contribution is -2.50. The highest BCUT2D eigenvalue weighted by molar-refractivity contribution is 5.89. The lowest BCUT2D eigenvalue weighted by molar-refractivity contribution is -0.141. The van der Waals surface area contributed by atoms with Gasteiger partial charge in [0.2, 0.25) is 11.8 Å². The van der Waals surface area contributed by atoms with Crippen LogP contribution in [0.4, 0.5) is 0 Å². The molecular formula is C25H31N3O5. The zero-order valence-corrected chi connectivity index (χ0v) is 19.3. The number of amides is 2. The first-order chi connectivity index (χ1) is 16.0. The molecule has 1 aromatic heterocycles. The molecule has 1 saturated heterocycles. The number of pyridine rings is 1. The fraction of sp³-hybridized carbons (Fsp3) is 0.480. The Kier molecular flexibility index (Phi) is 6.56. The largest absolute Gasteiger partial charge is 0.496 e. The average molecular weight is 454 g/mol. The van der Waals surface area contributed by atoms with Crippen LogP contribution in [0.15, 0.2) is 41.2 Å². The molecule has 0 unspecified atom stereocenters. The third-order valence-electron chi connectivity index (χ3n) is 6.88. The second-order valence-electron chi connectivity index (χ2n) is 8.63. The van der Waals surface area contributed by atoms with E-state index in [0.29, 0.717) is 35.7 Å². The number of para-hydroxylation sites is 1. The first-order valence-corrected chi connectivity index (χ1v) is 11.5. The van der Waals surface area contributed by atoms with Gasteiger partial charge in [0.1, 0.15) is 11.8 Å². The number of likely N-dealkylation sites (tertiary alicyclic amines) is 1. The van der Waals surface area contributed by atoms with Gasteiger partial charge in [-0.3, -0.25) is 14.4 Å². The van der Waals surface area contributed by atoms with Crippen LogP contribution in [0.5, 0.6) is 5.75 Å². The van der Waals surface area contributed by atoms with Crippen molar-refractivity contribution in [2.45, 2.75) is 45.3 Å². The fourth-order valence-corrected chi connectivity index (χ4v) is 5.37. The molecule has 0 aliphatic carbocycles. The Morgan fingerprint density at radius 2 is 1.91 bits per heavy atom. The zero-order valence-electron chi connectivity index (χ0n) is 19.3. The molecule has 2 N–H and O–H groups in total. The Morgan fingerprint density at radius 1 is 1.15 bits per heavy atom. The van der Waals surface area contributed by atoms with Crippen LogP contribution in [0.25, 0.3) is 11.1 Å². The number of rotatable bonds is 7. The van der Waals surface area contributed by atoms with E-state index in [9.17, 15) is 19.5 Å². The van der Waals surface area contributed by atoms with E-state index in [1.807, 2.05) is 37.3 Å². The molecule has 1 aromatic carbocycles. The van der Waals surface area contributed by atoms with E-state index in [-0.39, 0.29) is 36.3 Å². The van der Waals surface area contributed by atoms with Gasteiger partial charge in [0.15, 0.2) is 0 Å². The molecule has 33 heavy (non-hydrogen) atoms. The van der Waals surface area contributed by atoms with Crippen molar-refractivity contribution in [3.05, 3.63) is 52.4 Å². The summed E-state index contributed by atoms with van der Waals surface area (Å²) in [7, 11) is 1.57. The van der Waals surface area contributed by atoms with Crippen molar-refractivity contribution in [2.24, 2.45) is 11.8 Å². The third kappa shape index (κ3) is 3.72. The summed E-state index contributed by atoms with van der Waals surface area (Å²) in [5, 5.41) is 13.1. The number of ether oxygens (including phenoxy) is 1. The van der Waals surface area contributed by atoms with Crippen LogP contribution in [0, 0.1) is 11.8 Å². The van der Waals surface area contributed by atoms with Crippen molar-refractivity contribution >= 4 is 11.8 Å². The molecule has 2 aliphatic rings. The number of hydrogen-bond acceptors (Lipinski definition) is 5. The predicted octanol–water partition coefficient (Wildman–Crippen LogP) is 1.95. The van der Waals surface area contributed by atoms with E-state index in [1.54, 1.807) is 29.6 Å². The van der Waals surface area contributed by atoms with Gasteiger partial charge in [0.25, 0.3) is 5.56 Å². The summed E-state index contributed by atoms with van der Waals surface area (Å²) >= 11 is 0.